The summed E-state index contributed by atoms with van der Waals surface area (Å²) in [5.74, 6) is 0. The van der Waals surface area contributed by atoms with Gasteiger partial charge in [-0.05, 0) is 67.9 Å². The van der Waals surface area contributed by atoms with Crippen molar-refractivity contribution < 1.29 is 0 Å². The first-order valence-corrected chi connectivity index (χ1v) is 11.3. The van der Waals surface area contributed by atoms with Gasteiger partial charge in [0.1, 0.15) is 0 Å². The summed E-state index contributed by atoms with van der Waals surface area (Å²) in [5, 5.41) is 5.93. The summed E-state index contributed by atoms with van der Waals surface area (Å²) >= 11 is 6.26. The lowest BCUT2D eigenvalue weighted by Crippen LogP contribution is -2.39. The molecule has 1 N–H and O–H groups in total. The molecular weight excluding hydrogens is 378 g/mol. The van der Waals surface area contributed by atoms with Crippen LogP contribution in [0.4, 0.5) is 5.69 Å². The number of rotatable bonds is 4. The number of piperidine rings is 1. The third-order valence-electron chi connectivity index (χ3n) is 6.41. The van der Waals surface area contributed by atoms with E-state index in [0.717, 1.165) is 43.0 Å². The zero-order valence-corrected chi connectivity index (χ0v) is 17.6. The third kappa shape index (κ3) is 4.12. The highest BCUT2D eigenvalue weighted by molar-refractivity contribution is 6.31. The lowest BCUT2D eigenvalue weighted by Gasteiger charge is -2.34. The molecule has 2 heterocycles. The predicted molar refractivity (Wildman–Crippen MR) is 122 cm³/mol. The minimum atomic E-state index is 0.523. The topological polar surface area (TPSA) is 28.2 Å². The van der Waals surface area contributed by atoms with Crippen LogP contribution in [0.25, 0.3) is 10.9 Å². The van der Waals surface area contributed by atoms with Gasteiger partial charge < -0.3 is 5.32 Å². The molecule has 3 aromatic rings. The van der Waals surface area contributed by atoms with Crippen LogP contribution in [-0.4, -0.2) is 29.0 Å². The van der Waals surface area contributed by atoms with Crippen LogP contribution in [0.2, 0.25) is 5.02 Å². The molecule has 5 rings (SSSR count). The van der Waals surface area contributed by atoms with Crippen LogP contribution < -0.4 is 5.32 Å². The highest BCUT2D eigenvalue weighted by Crippen LogP contribution is 2.35. The Morgan fingerprint density at radius 2 is 1.79 bits per heavy atom. The fraction of sp³-hybridized carbons (Fsp3) is 0.400. The smallest absolute Gasteiger partial charge is 0.0741 e. The van der Waals surface area contributed by atoms with Crippen LogP contribution in [0.3, 0.4) is 0 Å². The van der Waals surface area contributed by atoms with Crippen molar-refractivity contribution in [2.24, 2.45) is 0 Å². The van der Waals surface area contributed by atoms with Gasteiger partial charge in [-0.1, -0.05) is 41.9 Å². The molecule has 2 aliphatic rings. The number of halogens is 1. The van der Waals surface area contributed by atoms with E-state index in [9.17, 15) is 0 Å². The molecule has 29 heavy (non-hydrogen) atoms. The summed E-state index contributed by atoms with van der Waals surface area (Å²) in [6.45, 7) is 3.34. The highest BCUT2D eigenvalue weighted by Gasteiger charge is 2.23. The van der Waals surface area contributed by atoms with Crippen molar-refractivity contribution >= 4 is 28.2 Å². The van der Waals surface area contributed by atoms with Crippen molar-refractivity contribution in [1.29, 1.82) is 0 Å². The second-order valence-electron chi connectivity index (χ2n) is 8.46. The number of nitrogens with one attached hydrogen (secondary N) is 1. The average molecular weight is 406 g/mol. The monoisotopic (exact) mass is 405 g/mol. The molecule has 1 aliphatic carbocycles. The molecule has 4 heteroatoms. The number of likely N-dealkylation sites (tertiary alicyclic amines) is 1. The van der Waals surface area contributed by atoms with Gasteiger partial charge in [0.25, 0.3) is 0 Å². The van der Waals surface area contributed by atoms with Crippen molar-refractivity contribution in [3.63, 3.8) is 0 Å². The largest absolute Gasteiger partial charge is 0.381 e. The van der Waals surface area contributed by atoms with E-state index in [2.05, 4.69) is 46.6 Å². The molecule has 0 unspecified atom stereocenters. The fourth-order valence-electron chi connectivity index (χ4n) is 4.84. The summed E-state index contributed by atoms with van der Waals surface area (Å²) in [6, 6.07) is 17.5. The maximum Gasteiger partial charge on any atom is 0.0741 e. The number of fused-ring (bicyclic) bond motifs is 2. The number of pyridine rings is 1. The molecule has 0 spiro atoms. The number of hydrogen-bond donors (Lipinski definition) is 1. The van der Waals surface area contributed by atoms with Gasteiger partial charge in [-0.3, -0.25) is 9.88 Å². The number of aryl methyl sites for hydroxylation is 1. The predicted octanol–water partition coefficient (Wildman–Crippen LogP) is 5.84. The standard InChI is InChI=1S/C25H28ClN3/c26-19-10-11-22-24(16-19)28-23-9-5-4-8-21(23)25(22)27-20-12-14-29(15-13-20)17-18-6-2-1-3-7-18/h1-3,6-7,10-11,16,20H,4-5,8-9,12-15,17H2,(H,27,28). The molecule has 1 aromatic heterocycles. The van der Waals surface area contributed by atoms with Crippen molar-refractivity contribution in [2.45, 2.75) is 51.1 Å². The van der Waals surface area contributed by atoms with Crippen LogP contribution in [0.5, 0.6) is 0 Å². The SMILES string of the molecule is Clc1ccc2c(NC3CCN(Cc4ccccc4)CC3)c3c(nc2c1)CCCC3. The Kier molecular flexibility index (Phi) is 5.43. The molecule has 0 atom stereocenters. The van der Waals surface area contributed by atoms with Crippen LogP contribution in [0.15, 0.2) is 48.5 Å². The summed E-state index contributed by atoms with van der Waals surface area (Å²) < 4.78 is 0. The van der Waals surface area contributed by atoms with E-state index in [1.54, 1.807) is 0 Å². The molecule has 0 saturated carbocycles. The molecular formula is C25H28ClN3. The van der Waals surface area contributed by atoms with Crippen LogP contribution in [0.1, 0.15) is 42.5 Å². The minimum absolute atomic E-state index is 0.523. The van der Waals surface area contributed by atoms with Crippen LogP contribution in [0, 0.1) is 0 Å². The van der Waals surface area contributed by atoms with Gasteiger partial charge >= 0.3 is 0 Å². The van der Waals surface area contributed by atoms with Gasteiger partial charge in [-0.25, -0.2) is 0 Å². The molecule has 2 aromatic carbocycles. The summed E-state index contributed by atoms with van der Waals surface area (Å²) in [5.41, 5.74) is 6.47. The second kappa shape index (κ2) is 8.33. The maximum absolute atomic E-state index is 6.26. The second-order valence-corrected chi connectivity index (χ2v) is 8.90. The van der Waals surface area contributed by atoms with E-state index in [0.29, 0.717) is 6.04 Å². The Bertz CT molecular complexity index is 994. The van der Waals surface area contributed by atoms with Gasteiger partial charge in [0.2, 0.25) is 0 Å². The zero-order chi connectivity index (χ0) is 19.6. The number of nitrogens with zero attached hydrogens (tertiary/aromatic N) is 2. The van der Waals surface area contributed by atoms with Gasteiger partial charge in [0.15, 0.2) is 0 Å². The first-order chi connectivity index (χ1) is 14.3. The van der Waals surface area contributed by atoms with E-state index in [4.69, 9.17) is 16.6 Å². The molecule has 3 nitrogen and oxygen atoms in total. The van der Waals surface area contributed by atoms with E-state index in [1.165, 1.54) is 53.6 Å². The van der Waals surface area contributed by atoms with Crippen molar-refractivity contribution in [3.05, 3.63) is 70.4 Å². The van der Waals surface area contributed by atoms with E-state index in [-0.39, 0.29) is 0 Å². The fourth-order valence-corrected chi connectivity index (χ4v) is 5.01. The van der Waals surface area contributed by atoms with Crippen molar-refractivity contribution in [3.8, 4) is 0 Å². The number of anilines is 1. The highest BCUT2D eigenvalue weighted by atomic mass is 35.5. The molecule has 1 saturated heterocycles. The average Bonchev–Trinajstić information content (AvgIpc) is 2.75. The minimum Gasteiger partial charge on any atom is -0.381 e. The molecule has 1 aliphatic heterocycles. The van der Waals surface area contributed by atoms with Crippen molar-refractivity contribution in [1.82, 2.24) is 9.88 Å². The van der Waals surface area contributed by atoms with Gasteiger partial charge in [-0.15, -0.1) is 0 Å². The third-order valence-corrected chi connectivity index (χ3v) is 6.65. The van der Waals surface area contributed by atoms with E-state index >= 15 is 0 Å². The summed E-state index contributed by atoms with van der Waals surface area (Å²) in [7, 11) is 0. The van der Waals surface area contributed by atoms with Gasteiger partial charge in [-0.2, -0.15) is 0 Å². The van der Waals surface area contributed by atoms with Crippen LogP contribution >= 0.6 is 11.6 Å². The molecule has 1 fully saturated rings. The first-order valence-electron chi connectivity index (χ1n) is 10.9. The summed E-state index contributed by atoms with van der Waals surface area (Å²) in [6.07, 6.45) is 7.08. The van der Waals surface area contributed by atoms with Gasteiger partial charge in [0, 0.05) is 47.5 Å². The summed E-state index contributed by atoms with van der Waals surface area (Å²) in [4.78, 5) is 7.53. The quantitative estimate of drug-likeness (QED) is 0.590. The Balaban J connectivity index is 1.34. The zero-order valence-electron chi connectivity index (χ0n) is 16.8. The first kappa shape index (κ1) is 18.9. The normalized spacial score (nSPS) is 18.0. The maximum atomic E-state index is 6.26. The van der Waals surface area contributed by atoms with E-state index < -0.39 is 0 Å². The number of hydrogen-bond acceptors (Lipinski definition) is 3. The van der Waals surface area contributed by atoms with Gasteiger partial charge in [0.05, 0.1) is 5.52 Å². The Morgan fingerprint density at radius 3 is 2.62 bits per heavy atom. The Labute approximate surface area is 178 Å². The van der Waals surface area contributed by atoms with Crippen LogP contribution in [-0.2, 0) is 19.4 Å². The van der Waals surface area contributed by atoms with E-state index in [1.807, 2.05) is 12.1 Å². The Hall–Kier alpha value is -2.10. The molecule has 150 valence electrons. The number of aromatic nitrogens is 1. The molecule has 0 bridgehead atoms. The molecule has 0 radical (unpaired) electrons. The van der Waals surface area contributed by atoms with Crippen molar-refractivity contribution in [2.75, 3.05) is 18.4 Å². The Morgan fingerprint density at radius 1 is 1.00 bits per heavy atom. The lowest BCUT2D eigenvalue weighted by atomic mass is 9.92. The molecule has 0 amide bonds. The lowest BCUT2D eigenvalue weighted by molar-refractivity contribution is 0.211. The number of benzene rings is 2.